The molecule has 1 fully saturated rings. The lowest BCUT2D eigenvalue weighted by Crippen LogP contribution is -2.49. The summed E-state index contributed by atoms with van der Waals surface area (Å²) in [5, 5.41) is 7.12. The van der Waals surface area contributed by atoms with Gasteiger partial charge in [-0.2, -0.15) is 10.1 Å². The van der Waals surface area contributed by atoms with Crippen molar-refractivity contribution in [2.45, 2.75) is 18.4 Å². The summed E-state index contributed by atoms with van der Waals surface area (Å²) in [7, 11) is 4.67. The number of aromatic nitrogens is 7. The van der Waals surface area contributed by atoms with Crippen LogP contribution in [0.1, 0.15) is 12.5 Å². The lowest BCUT2D eigenvalue weighted by Gasteiger charge is -2.36. The normalized spacial score (nSPS) is 19.0. The zero-order valence-corrected chi connectivity index (χ0v) is 17.7. The Bertz CT molecular complexity index is 1380. The van der Waals surface area contributed by atoms with E-state index in [1.165, 1.54) is 31.2 Å². The first-order valence-corrected chi connectivity index (χ1v) is 9.93. The maximum absolute atomic E-state index is 14.9. The van der Waals surface area contributed by atoms with Crippen molar-refractivity contribution >= 4 is 28.4 Å². The average Bonchev–Trinajstić information content (AvgIpc) is 3.29. The molecule has 1 aliphatic heterocycles. The molecule has 0 unspecified atom stereocenters. The fraction of sp³-hybridized carbons (Fsp3) is 0.421. The van der Waals surface area contributed by atoms with Crippen LogP contribution in [0.2, 0.25) is 0 Å². The summed E-state index contributed by atoms with van der Waals surface area (Å²) in [6.45, 7) is 0.0280. The van der Waals surface area contributed by atoms with E-state index in [4.69, 9.17) is 4.74 Å². The number of hydrogen-bond donors (Lipinski definition) is 1. The Morgan fingerprint density at radius 2 is 2.09 bits per heavy atom. The molecule has 0 radical (unpaired) electrons. The molecule has 0 aliphatic carbocycles. The molecule has 0 saturated carbocycles. The minimum absolute atomic E-state index is 0.130. The number of likely N-dealkylation sites (tertiary alicyclic amines) is 1. The number of anilines is 2. The molecule has 5 heterocycles. The first-order valence-electron chi connectivity index (χ1n) is 9.93. The maximum Gasteiger partial charge on any atom is 0.330 e. The van der Waals surface area contributed by atoms with Crippen LogP contribution >= 0.6 is 0 Å². The molecule has 4 aromatic heterocycles. The molecule has 0 bridgehead atoms. The highest BCUT2D eigenvalue weighted by atomic mass is 19.3. The molecule has 0 amide bonds. The number of nitrogens with one attached hydrogen (secondary N) is 1. The summed E-state index contributed by atoms with van der Waals surface area (Å²) in [6, 6.07) is 0.393. The lowest BCUT2D eigenvalue weighted by atomic mass is 10.0. The zero-order chi connectivity index (χ0) is 22.6. The Morgan fingerprint density at radius 1 is 1.28 bits per heavy atom. The Balaban J connectivity index is 1.60. The second kappa shape index (κ2) is 7.22. The molecule has 1 saturated heterocycles. The number of imidazole rings is 1. The third-order valence-electron chi connectivity index (χ3n) is 5.74. The van der Waals surface area contributed by atoms with Gasteiger partial charge in [0.25, 0.3) is 5.92 Å². The number of ether oxygens (including phenoxy) is 1. The summed E-state index contributed by atoms with van der Waals surface area (Å²) in [5.41, 5.74) is 1.05. The highest BCUT2D eigenvalue weighted by molar-refractivity contribution is 5.74. The summed E-state index contributed by atoms with van der Waals surface area (Å²) >= 11 is 0. The monoisotopic (exact) mass is 445 g/mol. The Kier molecular flexibility index (Phi) is 4.58. The van der Waals surface area contributed by atoms with E-state index >= 15 is 0 Å². The number of piperidine rings is 1. The zero-order valence-electron chi connectivity index (χ0n) is 17.7. The molecule has 1 atom stereocenters. The van der Waals surface area contributed by atoms with Gasteiger partial charge < -0.3 is 15.0 Å². The highest BCUT2D eigenvalue weighted by Crippen LogP contribution is 2.37. The van der Waals surface area contributed by atoms with Crippen molar-refractivity contribution in [2.24, 2.45) is 7.05 Å². The van der Waals surface area contributed by atoms with E-state index in [2.05, 4.69) is 25.4 Å². The topological polar surface area (TPSA) is 107 Å². The van der Waals surface area contributed by atoms with Crippen LogP contribution in [0.3, 0.4) is 0 Å². The SMILES string of the molecule is COc1cc2ncnn2cc1Nc1ncc2c(n1)n([C@H]1CCN(C)CC1(F)F)c(=O)n2C. The largest absolute Gasteiger partial charge is 0.494 e. The van der Waals surface area contributed by atoms with E-state index < -0.39 is 24.2 Å². The van der Waals surface area contributed by atoms with Crippen LogP contribution in [0, 0.1) is 0 Å². The smallest absolute Gasteiger partial charge is 0.330 e. The lowest BCUT2D eigenvalue weighted by molar-refractivity contribution is -0.0979. The number of aryl methyl sites for hydroxylation is 1. The molecule has 0 spiro atoms. The van der Waals surface area contributed by atoms with Gasteiger partial charge in [-0.25, -0.2) is 28.1 Å². The van der Waals surface area contributed by atoms with Gasteiger partial charge in [-0.05, 0) is 13.5 Å². The van der Waals surface area contributed by atoms with Gasteiger partial charge in [0.2, 0.25) is 5.95 Å². The fourth-order valence-corrected chi connectivity index (χ4v) is 4.12. The number of pyridine rings is 1. The van der Waals surface area contributed by atoms with E-state index in [9.17, 15) is 13.6 Å². The molecule has 5 rings (SSSR count). The number of alkyl halides is 2. The molecule has 168 valence electrons. The third kappa shape index (κ3) is 3.16. The molecule has 13 heteroatoms. The van der Waals surface area contributed by atoms with Crippen LogP contribution in [-0.2, 0) is 7.05 Å². The number of fused-ring (bicyclic) bond motifs is 2. The van der Waals surface area contributed by atoms with Crippen molar-refractivity contribution in [3.8, 4) is 5.75 Å². The molecule has 11 nitrogen and oxygen atoms in total. The minimum Gasteiger partial charge on any atom is -0.494 e. The average molecular weight is 445 g/mol. The molecule has 1 N–H and O–H groups in total. The molecule has 4 aromatic rings. The van der Waals surface area contributed by atoms with Crippen LogP contribution in [0.4, 0.5) is 20.4 Å². The van der Waals surface area contributed by atoms with Gasteiger partial charge in [-0.15, -0.1) is 0 Å². The van der Waals surface area contributed by atoms with Crippen LogP contribution in [-0.4, -0.2) is 71.8 Å². The second-order valence-electron chi connectivity index (χ2n) is 7.86. The van der Waals surface area contributed by atoms with E-state index in [1.54, 1.807) is 28.7 Å². The van der Waals surface area contributed by atoms with Gasteiger partial charge in [0.1, 0.15) is 29.3 Å². The third-order valence-corrected chi connectivity index (χ3v) is 5.74. The molecular formula is C19H21F2N9O2. The number of hydrogen-bond acceptors (Lipinski definition) is 8. The van der Waals surface area contributed by atoms with Gasteiger partial charge in [-0.3, -0.25) is 9.13 Å². The van der Waals surface area contributed by atoms with E-state index in [1.807, 2.05) is 0 Å². The van der Waals surface area contributed by atoms with E-state index in [0.717, 1.165) is 4.57 Å². The number of rotatable bonds is 4. The number of halogens is 2. The fourth-order valence-electron chi connectivity index (χ4n) is 4.12. The number of methoxy groups -OCH3 is 1. The van der Waals surface area contributed by atoms with Crippen molar-refractivity contribution < 1.29 is 13.5 Å². The summed E-state index contributed by atoms with van der Waals surface area (Å²) < 4.78 is 39.1. The van der Waals surface area contributed by atoms with Crippen LogP contribution < -0.4 is 15.7 Å². The summed E-state index contributed by atoms with van der Waals surface area (Å²) in [4.78, 5) is 27.3. The van der Waals surface area contributed by atoms with Crippen molar-refractivity contribution in [3.63, 3.8) is 0 Å². The van der Waals surface area contributed by atoms with E-state index in [-0.39, 0.29) is 18.0 Å². The van der Waals surface area contributed by atoms with Crippen LogP contribution in [0.25, 0.3) is 16.8 Å². The molecule has 0 aromatic carbocycles. The standard InChI is InChI=1S/C19H21F2N9O2/c1-27-5-4-14(19(20,21)9-27)30-16-12(28(2)18(30)31)7-22-17(26-16)25-11-8-29-15(23-10-24-29)6-13(11)32-3/h6-8,10,14H,4-5,9H2,1-3H3,(H,22,25,26)/t14-/m0/s1. The van der Waals surface area contributed by atoms with Crippen molar-refractivity contribution in [2.75, 3.05) is 32.6 Å². The Hall–Kier alpha value is -3.61. The van der Waals surface area contributed by atoms with Gasteiger partial charge in [-0.1, -0.05) is 0 Å². The quantitative estimate of drug-likeness (QED) is 0.503. The van der Waals surface area contributed by atoms with Crippen molar-refractivity contribution in [1.29, 1.82) is 0 Å². The van der Waals surface area contributed by atoms with Crippen molar-refractivity contribution in [3.05, 3.63) is 35.3 Å². The Morgan fingerprint density at radius 3 is 2.84 bits per heavy atom. The molecular weight excluding hydrogens is 424 g/mol. The molecule has 1 aliphatic rings. The summed E-state index contributed by atoms with van der Waals surface area (Å²) in [6.07, 6.45) is 4.63. The predicted molar refractivity (Wildman–Crippen MR) is 112 cm³/mol. The van der Waals surface area contributed by atoms with Gasteiger partial charge in [0.15, 0.2) is 11.3 Å². The first kappa shape index (κ1) is 20.3. The minimum atomic E-state index is -3.08. The summed E-state index contributed by atoms with van der Waals surface area (Å²) in [5.74, 6) is -2.47. The van der Waals surface area contributed by atoms with Crippen molar-refractivity contribution in [1.82, 2.24) is 38.6 Å². The van der Waals surface area contributed by atoms with Crippen LogP contribution in [0.15, 0.2) is 29.6 Å². The van der Waals surface area contributed by atoms with Crippen LogP contribution in [0.5, 0.6) is 5.75 Å². The first-order chi connectivity index (χ1) is 15.3. The highest BCUT2D eigenvalue weighted by Gasteiger charge is 2.46. The number of nitrogens with zero attached hydrogens (tertiary/aromatic N) is 8. The second-order valence-corrected chi connectivity index (χ2v) is 7.86. The maximum atomic E-state index is 14.9. The van der Waals surface area contributed by atoms with Gasteiger partial charge >= 0.3 is 5.69 Å². The van der Waals surface area contributed by atoms with Gasteiger partial charge in [0.05, 0.1) is 26.0 Å². The van der Waals surface area contributed by atoms with Gasteiger partial charge in [0, 0.05) is 19.7 Å². The predicted octanol–water partition coefficient (Wildman–Crippen LogP) is 1.44. The molecule has 32 heavy (non-hydrogen) atoms. The Labute approximate surface area is 180 Å². The van der Waals surface area contributed by atoms with E-state index in [0.29, 0.717) is 29.1 Å².